The zero-order valence-corrected chi connectivity index (χ0v) is 19.3. The average molecular weight is 452 g/mol. The van der Waals surface area contributed by atoms with Gasteiger partial charge in [0.1, 0.15) is 6.10 Å². The van der Waals surface area contributed by atoms with Crippen LogP contribution in [-0.4, -0.2) is 50.8 Å². The number of H-pyrrole nitrogens is 1. The van der Waals surface area contributed by atoms with E-state index in [1.54, 1.807) is 12.1 Å². The topological polar surface area (TPSA) is 74.4 Å². The van der Waals surface area contributed by atoms with Crippen LogP contribution in [0.5, 0.6) is 0 Å². The van der Waals surface area contributed by atoms with Gasteiger partial charge < -0.3 is 19.9 Å². The fourth-order valence-corrected chi connectivity index (χ4v) is 5.24. The zero-order chi connectivity index (χ0) is 22.3. The van der Waals surface area contributed by atoms with E-state index in [4.69, 9.17) is 4.74 Å². The Bertz CT molecular complexity index is 1210. The minimum atomic E-state index is -3.22. The number of sulfone groups is 1. The molecule has 0 radical (unpaired) electrons. The molecule has 0 bridgehead atoms. The highest BCUT2D eigenvalue weighted by molar-refractivity contribution is 7.90. The van der Waals surface area contributed by atoms with Crippen molar-refractivity contribution in [1.82, 2.24) is 9.88 Å². The minimum absolute atomic E-state index is 0.173. The number of likely N-dealkylation sites (tertiary alicyclic amines) is 1. The van der Waals surface area contributed by atoms with Crippen LogP contribution in [0.4, 0.5) is 5.69 Å². The summed E-state index contributed by atoms with van der Waals surface area (Å²) < 4.78 is 30.4. The van der Waals surface area contributed by atoms with Gasteiger partial charge in [-0.2, -0.15) is 0 Å². The molecular formula is C25H29N3O3S. The van der Waals surface area contributed by atoms with Crippen LogP contribution in [0.1, 0.15) is 35.8 Å². The van der Waals surface area contributed by atoms with Crippen molar-refractivity contribution in [3.05, 3.63) is 71.4 Å². The maximum absolute atomic E-state index is 11.8. The molecule has 32 heavy (non-hydrogen) atoms. The quantitative estimate of drug-likeness (QED) is 0.622. The lowest BCUT2D eigenvalue weighted by molar-refractivity contribution is -0.0246. The standard InChI is InChI=1S/C25H29N3O3S/c1-28-13-11-19(12-14-28)31-25-21-6-4-3-5-18(21)16-26-23-15-22(27-24(23)25)17-7-9-20(10-8-17)32(2,29)30/h3-10,15,19,25-27H,11-14,16H2,1-2H3. The number of rotatable bonds is 4. The number of aromatic nitrogens is 1. The Morgan fingerprint density at radius 2 is 1.75 bits per heavy atom. The molecule has 0 aliphatic carbocycles. The van der Waals surface area contributed by atoms with Gasteiger partial charge in [0, 0.05) is 31.6 Å². The molecule has 2 aliphatic heterocycles. The lowest BCUT2D eigenvalue weighted by Crippen LogP contribution is -2.35. The third-order valence-electron chi connectivity index (χ3n) is 6.50. The lowest BCUT2D eigenvalue weighted by atomic mass is 10.00. The van der Waals surface area contributed by atoms with Crippen LogP contribution in [-0.2, 0) is 21.1 Å². The van der Waals surface area contributed by atoms with Crippen LogP contribution < -0.4 is 5.32 Å². The Hall–Kier alpha value is -2.61. The second kappa shape index (κ2) is 8.39. The molecule has 168 valence electrons. The van der Waals surface area contributed by atoms with Crippen LogP contribution in [0.2, 0.25) is 0 Å². The van der Waals surface area contributed by atoms with Crippen molar-refractivity contribution in [1.29, 1.82) is 0 Å². The Morgan fingerprint density at radius 3 is 2.47 bits per heavy atom. The zero-order valence-electron chi connectivity index (χ0n) is 18.5. The van der Waals surface area contributed by atoms with Gasteiger partial charge >= 0.3 is 0 Å². The Balaban J connectivity index is 1.51. The van der Waals surface area contributed by atoms with Gasteiger partial charge in [0.05, 0.1) is 22.4 Å². The average Bonchev–Trinajstić information content (AvgIpc) is 3.15. The van der Waals surface area contributed by atoms with Gasteiger partial charge in [-0.15, -0.1) is 0 Å². The monoisotopic (exact) mass is 451 g/mol. The van der Waals surface area contributed by atoms with Gasteiger partial charge in [-0.05, 0) is 54.8 Å². The molecule has 3 heterocycles. The van der Waals surface area contributed by atoms with Crippen LogP contribution in [0.25, 0.3) is 11.3 Å². The third kappa shape index (κ3) is 4.20. The van der Waals surface area contributed by atoms with E-state index < -0.39 is 9.84 Å². The van der Waals surface area contributed by atoms with Crippen molar-refractivity contribution in [2.45, 2.75) is 36.5 Å². The third-order valence-corrected chi connectivity index (χ3v) is 7.63. The van der Waals surface area contributed by atoms with Crippen LogP contribution in [0.3, 0.4) is 0 Å². The molecule has 1 aromatic heterocycles. The molecule has 0 amide bonds. The van der Waals surface area contributed by atoms with E-state index in [0.29, 0.717) is 4.90 Å². The highest BCUT2D eigenvalue weighted by atomic mass is 32.2. The molecule has 0 saturated carbocycles. The lowest BCUT2D eigenvalue weighted by Gasteiger charge is -2.32. The van der Waals surface area contributed by atoms with E-state index >= 15 is 0 Å². The highest BCUT2D eigenvalue weighted by Crippen LogP contribution is 2.40. The summed E-state index contributed by atoms with van der Waals surface area (Å²) >= 11 is 0. The predicted octanol–water partition coefficient (Wildman–Crippen LogP) is 4.21. The summed E-state index contributed by atoms with van der Waals surface area (Å²) in [4.78, 5) is 6.26. The number of anilines is 1. The second-order valence-electron chi connectivity index (χ2n) is 8.88. The first kappa shape index (κ1) is 21.2. The summed E-state index contributed by atoms with van der Waals surface area (Å²) in [5.74, 6) is 0. The van der Waals surface area contributed by atoms with Gasteiger partial charge in [0.15, 0.2) is 9.84 Å². The molecule has 2 aliphatic rings. The van der Waals surface area contributed by atoms with Crippen molar-refractivity contribution >= 4 is 15.5 Å². The molecule has 1 unspecified atom stereocenters. The number of hydrogen-bond donors (Lipinski definition) is 2. The highest BCUT2D eigenvalue weighted by Gasteiger charge is 2.30. The summed E-state index contributed by atoms with van der Waals surface area (Å²) in [5.41, 5.74) is 6.38. The van der Waals surface area contributed by atoms with Gasteiger partial charge in [0.2, 0.25) is 0 Å². The van der Waals surface area contributed by atoms with Crippen molar-refractivity contribution in [3.8, 4) is 11.3 Å². The summed E-state index contributed by atoms with van der Waals surface area (Å²) in [7, 11) is -1.06. The SMILES string of the molecule is CN1CCC(OC2c3ccccc3CNc3cc(-c4ccc(S(C)(=O)=O)cc4)[nH]c32)CC1. The first-order chi connectivity index (χ1) is 15.4. The number of hydrogen-bond acceptors (Lipinski definition) is 5. The van der Waals surface area contributed by atoms with Crippen molar-refractivity contribution in [3.63, 3.8) is 0 Å². The minimum Gasteiger partial charge on any atom is -0.379 e. The van der Waals surface area contributed by atoms with E-state index in [0.717, 1.165) is 55.1 Å². The largest absolute Gasteiger partial charge is 0.379 e. The fourth-order valence-electron chi connectivity index (χ4n) is 4.61. The molecule has 0 spiro atoms. The summed E-state index contributed by atoms with van der Waals surface area (Å²) in [6.07, 6.45) is 3.33. The molecule has 1 fully saturated rings. The second-order valence-corrected chi connectivity index (χ2v) is 10.9. The van der Waals surface area contributed by atoms with Crippen molar-refractivity contribution < 1.29 is 13.2 Å². The van der Waals surface area contributed by atoms with Crippen molar-refractivity contribution in [2.24, 2.45) is 0 Å². The number of aromatic amines is 1. The number of piperidine rings is 1. The molecule has 5 rings (SSSR count). The first-order valence-electron chi connectivity index (χ1n) is 11.1. The fraction of sp³-hybridized carbons (Fsp3) is 0.360. The Morgan fingerprint density at radius 1 is 1.03 bits per heavy atom. The Labute approximate surface area is 189 Å². The molecule has 7 heteroatoms. The van der Waals surface area contributed by atoms with Gasteiger partial charge in [0.25, 0.3) is 0 Å². The maximum atomic E-state index is 11.8. The summed E-state index contributed by atoms with van der Waals surface area (Å²) in [6, 6.07) is 17.6. The molecule has 3 aromatic rings. The summed E-state index contributed by atoms with van der Waals surface area (Å²) in [5, 5.41) is 3.57. The molecule has 6 nitrogen and oxygen atoms in total. The van der Waals surface area contributed by atoms with E-state index in [1.807, 2.05) is 12.1 Å². The maximum Gasteiger partial charge on any atom is 0.175 e. The molecule has 2 aromatic carbocycles. The van der Waals surface area contributed by atoms with E-state index in [9.17, 15) is 8.42 Å². The number of ether oxygens (including phenoxy) is 1. The van der Waals surface area contributed by atoms with E-state index in [1.165, 1.54) is 17.4 Å². The van der Waals surface area contributed by atoms with E-state index in [-0.39, 0.29) is 12.2 Å². The number of nitrogens with zero attached hydrogens (tertiary/aromatic N) is 1. The van der Waals surface area contributed by atoms with Crippen LogP contribution >= 0.6 is 0 Å². The van der Waals surface area contributed by atoms with Gasteiger partial charge in [-0.1, -0.05) is 36.4 Å². The molecular weight excluding hydrogens is 422 g/mol. The number of benzene rings is 2. The molecule has 1 saturated heterocycles. The molecule has 1 atom stereocenters. The van der Waals surface area contributed by atoms with E-state index in [2.05, 4.69) is 52.6 Å². The number of fused-ring (bicyclic) bond motifs is 2. The number of nitrogens with one attached hydrogen (secondary N) is 2. The van der Waals surface area contributed by atoms with Crippen molar-refractivity contribution in [2.75, 3.05) is 31.7 Å². The first-order valence-corrected chi connectivity index (χ1v) is 13.0. The molecule has 2 N–H and O–H groups in total. The van der Waals surface area contributed by atoms with Gasteiger partial charge in [-0.3, -0.25) is 0 Å². The normalized spacial score (nSPS) is 19.6. The summed E-state index contributed by atoms with van der Waals surface area (Å²) in [6.45, 7) is 2.83. The van der Waals surface area contributed by atoms with Crippen LogP contribution in [0, 0.1) is 0 Å². The smallest absolute Gasteiger partial charge is 0.175 e. The Kier molecular flexibility index (Phi) is 5.57. The predicted molar refractivity (Wildman–Crippen MR) is 127 cm³/mol. The van der Waals surface area contributed by atoms with Crippen LogP contribution in [0.15, 0.2) is 59.5 Å². The van der Waals surface area contributed by atoms with Gasteiger partial charge in [-0.25, -0.2) is 8.42 Å².